The van der Waals surface area contributed by atoms with E-state index in [0.717, 1.165) is 25.0 Å². The highest BCUT2D eigenvalue weighted by Gasteiger charge is 2.07. The SMILES string of the molecule is Cc1ccc(C(=O)NCCC2=CCCC=C2)nn1. The first-order valence-electron chi connectivity index (χ1n) is 6.20. The molecule has 0 spiro atoms. The van der Waals surface area contributed by atoms with E-state index in [-0.39, 0.29) is 5.91 Å². The maximum absolute atomic E-state index is 11.7. The second-order valence-electron chi connectivity index (χ2n) is 4.32. The molecule has 18 heavy (non-hydrogen) atoms. The number of carbonyl (C=O) groups is 1. The van der Waals surface area contributed by atoms with Crippen LogP contribution in [-0.2, 0) is 0 Å². The van der Waals surface area contributed by atoms with E-state index < -0.39 is 0 Å². The molecule has 0 aromatic carbocycles. The summed E-state index contributed by atoms with van der Waals surface area (Å²) in [5, 5.41) is 10.6. The molecule has 0 fully saturated rings. The second-order valence-corrected chi connectivity index (χ2v) is 4.32. The highest BCUT2D eigenvalue weighted by atomic mass is 16.1. The van der Waals surface area contributed by atoms with Gasteiger partial charge in [-0.1, -0.05) is 23.8 Å². The molecule has 2 rings (SSSR count). The Bertz CT molecular complexity index is 474. The number of hydrogen-bond acceptors (Lipinski definition) is 3. The normalized spacial score (nSPS) is 14.2. The molecule has 4 nitrogen and oxygen atoms in total. The molecule has 1 aliphatic rings. The number of carbonyl (C=O) groups excluding carboxylic acids is 1. The summed E-state index contributed by atoms with van der Waals surface area (Å²) in [6, 6.07) is 3.48. The Kier molecular flexibility index (Phi) is 4.23. The smallest absolute Gasteiger partial charge is 0.271 e. The van der Waals surface area contributed by atoms with Crippen molar-refractivity contribution >= 4 is 5.91 Å². The first kappa shape index (κ1) is 12.5. The maximum atomic E-state index is 11.7. The Morgan fingerprint density at radius 1 is 1.33 bits per heavy atom. The van der Waals surface area contributed by atoms with Crippen LogP contribution in [-0.4, -0.2) is 22.6 Å². The molecule has 0 bridgehead atoms. The molecule has 1 amide bonds. The summed E-state index contributed by atoms with van der Waals surface area (Å²) in [4.78, 5) is 11.7. The molecule has 1 aliphatic carbocycles. The number of allylic oxidation sites excluding steroid dienone is 3. The highest BCUT2D eigenvalue weighted by molar-refractivity contribution is 5.91. The van der Waals surface area contributed by atoms with E-state index in [2.05, 4.69) is 33.7 Å². The Labute approximate surface area is 107 Å². The Morgan fingerprint density at radius 3 is 2.89 bits per heavy atom. The average molecular weight is 243 g/mol. The van der Waals surface area contributed by atoms with E-state index in [9.17, 15) is 4.79 Å². The number of aryl methyl sites for hydroxylation is 1. The van der Waals surface area contributed by atoms with E-state index in [1.807, 2.05) is 6.92 Å². The number of rotatable bonds is 4. The topological polar surface area (TPSA) is 54.9 Å². The van der Waals surface area contributed by atoms with Crippen molar-refractivity contribution < 1.29 is 4.79 Å². The van der Waals surface area contributed by atoms with E-state index in [0.29, 0.717) is 12.2 Å². The molecule has 0 radical (unpaired) electrons. The van der Waals surface area contributed by atoms with Crippen LogP contribution in [0.3, 0.4) is 0 Å². The van der Waals surface area contributed by atoms with Crippen molar-refractivity contribution in [3.8, 4) is 0 Å². The van der Waals surface area contributed by atoms with Crippen molar-refractivity contribution in [3.63, 3.8) is 0 Å². The fourth-order valence-electron chi connectivity index (χ4n) is 1.78. The van der Waals surface area contributed by atoms with Gasteiger partial charge in [0, 0.05) is 6.54 Å². The fraction of sp³-hybridized carbons (Fsp3) is 0.357. The van der Waals surface area contributed by atoms with Gasteiger partial charge in [0.2, 0.25) is 0 Å². The van der Waals surface area contributed by atoms with Crippen LogP contribution in [0.4, 0.5) is 0 Å². The lowest BCUT2D eigenvalue weighted by Crippen LogP contribution is -2.25. The van der Waals surface area contributed by atoms with Crippen LogP contribution in [0.1, 0.15) is 35.4 Å². The van der Waals surface area contributed by atoms with E-state index in [1.165, 1.54) is 5.57 Å². The summed E-state index contributed by atoms with van der Waals surface area (Å²) in [6.07, 6.45) is 9.60. The lowest BCUT2D eigenvalue weighted by Gasteiger charge is -2.07. The third-order valence-electron chi connectivity index (χ3n) is 2.80. The van der Waals surface area contributed by atoms with Crippen molar-refractivity contribution in [2.24, 2.45) is 0 Å². The van der Waals surface area contributed by atoms with Crippen LogP contribution < -0.4 is 5.32 Å². The number of hydrogen-bond donors (Lipinski definition) is 1. The summed E-state index contributed by atoms with van der Waals surface area (Å²) < 4.78 is 0. The van der Waals surface area contributed by atoms with Gasteiger partial charge in [-0.2, -0.15) is 5.10 Å². The van der Waals surface area contributed by atoms with Crippen LogP contribution >= 0.6 is 0 Å². The van der Waals surface area contributed by atoms with Gasteiger partial charge in [-0.25, -0.2) is 0 Å². The zero-order valence-corrected chi connectivity index (χ0v) is 10.5. The van der Waals surface area contributed by atoms with Gasteiger partial charge in [0.15, 0.2) is 5.69 Å². The molecule has 0 saturated heterocycles. The minimum absolute atomic E-state index is 0.164. The summed E-state index contributed by atoms with van der Waals surface area (Å²) in [5.41, 5.74) is 2.47. The maximum Gasteiger partial charge on any atom is 0.271 e. The van der Waals surface area contributed by atoms with Crippen LogP contribution in [0.2, 0.25) is 0 Å². The van der Waals surface area contributed by atoms with Gasteiger partial charge >= 0.3 is 0 Å². The zero-order valence-electron chi connectivity index (χ0n) is 10.5. The summed E-state index contributed by atoms with van der Waals surface area (Å²) >= 11 is 0. The first-order chi connectivity index (χ1) is 8.75. The quantitative estimate of drug-likeness (QED) is 0.881. The third-order valence-corrected chi connectivity index (χ3v) is 2.80. The van der Waals surface area contributed by atoms with E-state index in [4.69, 9.17) is 0 Å². The molecule has 1 N–H and O–H groups in total. The monoisotopic (exact) mass is 243 g/mol. The molecule has 94 valence electrons. The highest BCUT2D eigenvalue weighted by Crippen LogP contribution is 2.12. The average Bonchev–Trinajstić information content (AvgIpc) is 2.40. The molecular weight excluding hydrogens is 226 g/mol. The molecule has 4 heteroatoms. The molecule has 0 unspecified atom stereocenters. The summed E-state index contributed by atoms with van der Waals surface area (Å²) in [5.74, 6) is -0.164. The van der Waals surface area contributed by atoms with Crippen LogP contribution in [0.15, 0.2) is 35.9 Å². The number of amides is 1. The Balaban J connectivity index is 1.79. The summed E-state index contributed by atoms with van der Waals surface area (Å²) in [7, 11) is 0. The second kappa shape index (κ2) is 6.10. The summed E-state index contributed by atoms with van der Waals surface area (Å²) in [6.45, 7) is 2.47. The van der Waals surface area contributed by atoms with Gasteiger partial charge in [-0.15, -0.1) is 5.10 Å². The number of aromatic nitrogens is 2. The third kappa shape index (κ3) is 3.52. The minimum atomic E-state index is -0.164. The fourth-order valence-corrected chi connectivity index (χ4v) is 1.78. The lowest BCUT2D eigenvalue weighted by molar-refractivity contribution is 0.0948. The Morgan fingerprint density at radius 2 is 2.22 bits per heavy atom. The van der Waals surface area contributed by atoms with Gasteiger partial charge in [0.25, 0.3) is 5.91 Å². The largest absolute Gasteiger partial charge is 0.350 e. The molecular formula is C14H17N3O. The van der Waals surface area contributed by atoms with Crippen molar-refractivity contribution in [2.45, 2.75) is 26.2 Å². The van der Waals surface area contributed by atoms with Crippen LogP contribution in [0.5, 0.6) is 0 Å². The van der Waals surface area contributed by atoms with Crippen molar-refractivity contribution in [1.29, 1.82) is 0 Å². The predicted octanol–water partition coefficient (Wildman–Crippen LogP) is 2.18. The zero-order chi connectivity index (χ0) is 12.8. The predicted molar refractivity (Wildman–Crippen MR) is 70.2 cm³/mol. The Hall–Kier alpha value is -1.97. The van der Waals surface area contributed by atoms with Gasteiger partial charge in [0.1, 0.15) is 0 Å². The molecule has 1 aromatic rings. The number of nitrogens with one attached hydrogen (secondary N) is 1. The van der Waals surface area contributed by atoms with Crippen molar-refractivity contribution in [1.82, 2.24) is 15.5 Å². The van der Waals surface area contributed by atoms with Gasteiger partial charge < -0.3 is 5.32 Å². The first-order valence-corrected chi connectivity index (χ1v) is 6.20. The molecule has 0 atom stereocenters. The van der Waals surface area contributed by atoms with Gasteiger partial charge in [-0.05, 0) is 38.3 Å². The molecule has 0 saturated carbocycles. The van der Waals surface area contributed by atoms with E-state index >= 15 is 0 Å². The van der Waals surface area contributed by atoms with Crippen molar-refractivity contribution in [2.75, 3.05) is 6.54 Å². The lowest BCUT2D eigenvalue weighted by atomic mass is 10.0. The molecule has 1 heterocycles. The standard InChI is InChI=1S/C14H17N3O/c1-11-7-8-13(17-16-11)14(18)15-10-9-12-5-3-2-4-6-12/h3,5-8H,2,4,9-10H2,1H3,(H,15,18). The van der Waals surface area contributed by atoms with Crippen molar-refractivity contribution in [3.05, 3.63) is 47.3 Å². The van der Waals surface area contributed by atoms with Gasteiger partial charge in [-0.3, -0.25) is 4.79 Å². The molecule has 1 aromatic heterocycles. The van der Waals surface area contributed by atoms with Gasteiger partial charge in [0.05, 0.1) is 5.69 Å². The minimum Gasteiger partial charge on any atom is -0.350 e. The van der Waals surface area contributed by atoms with E-state index in [1.54, 1.807) is 12.1 Å². The van der Waals surface area contributed by atoms with Crippen LogP contribution in [0.25, 0.3) is 0 Å². The van der Waals surface area contributed by atoms with Crippen LogP contribution in [0, 0.1) is 6.92 Å². The molecule has 0 aliphatic heterocycles. The number of nitrogens with zero attached hydrogens (tertiary/aromatic N) is 2.